The molecule has 1 saturated carbocycles. The van der Waals surface area contributed by atoms with Gasteiger partial charge < -0.3 is 10.4 Å². The number of carbonyl (C=O) groups is 1. The van der Waals surface area contributed by atoms with Crippen LogP contribution in [0.5, 0.6) is 0 Å². The molecule has 1 amide bonds. The molecular formula is C13H21N3O2. The molecule has 0 atom stereocenters. The minimum absolute atomic E-state index is 0.0504. The van der Waals surface area contributed by atoms with Crippen molar-refractivity contribution in [3.8, 4) is 0 Å². The second kappa shape index (κ2) is 5.52. The lowest BCUT2D eigenvalue weighted by atomic mass is 9.86. The van der Waals surface area contributed by atoms with Gasteiger partial charge in [0.2, 0.25) is 0 Å². The van der Waals surface area contributed by atoms with Crippen LogP contribution in [-0.4, -0.2) is 33.4 Å². The third kappa shape index (κ3) is 2.90. The highest BCUT2D eigenvalue weighted by atomic mass is 16.3. The van der Waals surface area contributed by atoms with Crippen LogP contribution in [0.2, 0.25) is 0 Å². The molecule has 0 spiro atoms. The fraction of sp³-hybridized carbons (Fsp3) is 0.692. The number of aromatic nitrogens is 2. The molecule has 0 bridgehead atoms. The van der Waals surface area contributed by atoms with Gasteiger partial charge in [0.25, 0.3) is 5.91 Å². The van der Waals surface area contributed by atoms with E-state index < -0.39 is 0 Å². The van der Waals surface area contributed by atoms with Crippen molar-refractivity contribution < 1.29 is 9.90 Å². The number of amides is 1. The first-order chi connectivity index (χ1) is 8.60. The topological polar surface area (TPSA) is 67.2 Å². The predicted molar refractivity (Wildman–Crippen MR) is 68.2 cm³/mol. The SMILES string of the molecule is Cc1cc(C(=O)NC2CCC(CO)CC2)n(C)n1. The Labute approximate surface area is 107 Å². The van der Waals surface area contributed by atoms with Gasteiger partial charge in [0.05, 0.1) is 5.69 Å². The van der Waals surface area contributed by atoms with Gasteiger partial charge in [-0.15, -0.1) is 0 Å². The van der Waals surface area contributed by atoms with Gasteiger partial charge in [-0.1, -0.05) is 0 Å². The Morgan fingerprint density at radius 3 is 2.67 bits per heavy atom. The van der Waals surface area contributed by atoms with Crippen LogP contribution >= 0.6 is 0 Å². The summed E-state index contributed by atoms with van der Waals surface area (Å²) < 4.78 is 1.62. The molecule has 0 radical (unpaired) electrons. The zero-order chi connectivity index (χ0) is 13.1. The summed E-state index contributed by atoms with van der Waals surface area (Å²) >= 11 is 0. The molecule has 2 N–H and O–H groups in total. The highest BCUT2D eigenvalue weighted by Crippen LogP contribution is 2.23. The first-order valence-electron chi connectivity index (χ1n) is 6.52. The van der Waals surface area contributed by atoms with Gasteiger partial charge in [-0.3, -0.25) is 9.48 Å². The molecule has 0 unspecified atom stereocenters. The number of nitrogens with zero attached hydrogens (tertiary/aromatic N) is 2. The number of carbonyl (C=O) groups excluding carboxylic acids is 1. The monoisotopic (exact) mass is 251 g/mol. The quantitative estimate of drug-likeness (QED) is 0.842. The van der Waals surface area contributed by atoms with Gasteiger partial charge in [-0.2, -0.15) is 5.10 Å². The molecule has 1 aliphatic carbocycles. The van der Waals surface area contributed by atoms with Crippen molar-refractivity contribution in [2.24, 2.45) is 13.0 Å². The molecule has 0 aromatic carbocycles. The Kier molecular flexibility index (Phi) is 4.01. The average molecular weight is 251 g/mol. The van der Waals surface area contributed by atoms with Crippen molar-refractivity contribution in [3.05, 3.63) is 17.5 Å². The van der Waals surface area contributed by atoms with E-state index in [0.29, 0.717) is 11.6 Å². The fourth-order valence-corrected chi connectivity index (χ4v) is 2.57. The van der Waals surface area contributed by atoms with E-state index in [9.17, 15) is 4.79 Å². The van der Waals surface area contributed by atoms with E-state index in [1.54, 1.807) is 17.8 Å². The highest BCUT2D eigenvalue weighted by molar-refractivity contribution is 5.92. The molecule has 1 heterocycles. The first-order valence-corrected chi connectivity index (χ1v) is 6.52. The second-order valence-corrected chi connectivity index (χ2v) is 5.17. The fourth-order valence-electron chi connectivity index (χ4n) is 2.57. The maximum absolute atomic E-state index is 12.1. The molecule has 1 fully saturated rings. The van der Waals surface area contributed by atoms with Gasteiger partial charge >= 0.3 is 0 Å². The number of aryl methyl sites for hydroxylation is 2. The number of rotatable bonds is 3. The predicted octanol–water partition coefficient (Wildman–Crippen LogP) is 1.01. The maximum atomic E-state index is 12.1. The van der Waals surface area contributed by atoms with Crippen molar-refractivity contribution in [1.82, 2.24) is 15.1 Å². The molecule has 1 aliphatic rings. The van der Waals surface area contributed by atoms with E-state index in [1.165, 1.54) is 0 Å². The molecule has 5 nitrogen and oxygen atoms in total. The number of aliphatic hydroxyl groups excluding tert-OH is 1. The number of hydrogen-bond donors (Lipinski definition) is 2. The zero-order valence-corrected chi connectivity index (χ0v) is 11.0. The second-order valence-electron chi connectivity index (χ2n) is 5.17. The Bertz CT molecular complexity index is 420. The lowest BCUT2D eigenvalue weighted by molar-refractivity contribution is 0.0904. The Balaban J connectivity index is 1.90. The van der Waals surface area contributed by atoms with Crippen molar-refractivity contribution in [3.63, 3.8) is 0 Å². The summed E-state index contributed by atoms with van der Waals surface area (Å²) in [6.07, 6.45) is 3.89. The molecular weight excluding hydrogens is 230 g/mol. The molecule has 5 heteroatoms. The Morgan fingerprint density at radius 2 is 2.17 bits per heavy atom. The van der Waals surface area contributed by atoms with Crippen molar-refractivity contribution >= 4 is 5.91 Å². The third-order valence-corrected chi connectivity index (χ3v) is 3.67. The Morgan fingerprint density at radius 1 is 1.50 bits per heavy atom. The smallest absolute Gasteiger partial charge is 0.269 e. The zero-order valence-electron chi connectivity index (χ0n) is 11.0. The van der Waals surface area contributed by atoms with Gasteiger partial charge in [0, 0.05) is 19.7 Å². The lowest BCUT2D eigenvalue weighted by Gasteiger charge is -2.27. The molecule has 100 valence electrons. The van der Waals surface area contributed by atoms with Crippen molar-refractivity contribution in [1.29, 1.82) is 0 Å². The van der Waals surface area contributed by atoms with Crippen LogP contribution in [0.15, 0.2) is 6.07 Å². The molecule has 1 aromatic rings. The summed E-state index contributed by atoms with van der Waals surface area (Å²) in [6.45, 7) is 2.14. The van der Waals surface area contributed by atoms with Crippen LogP contribution in [0.1, 0.15) is 41.9 Å². The molecule has 0 aliphatic heterocycles. The molecule has 1 aromatic heterocycles. The van der Waals surface area contributed by atoms with Crippen LogP contribution in [0.25, 0.3) is 0 Å². The highest BCUT2D eigenvalue weighted by Gasteiger charge is 2.23. The largest absolute Gasteiger partial charge is 0.396 e. The van der Waals surface area contributed by atoms with Crippen LogP contribution in [0.3, 0.4) is 0 Å². The van der Waals surface area contributed by atoms with Crippen LogP contribution in [-0.2, 0) is 7.05 Å². The van der Waals surface area contributed by atoms with Gasteiger partial charge in [-0.05, 0) is 44.6 Å². The van der Waals surface area contributed by atoms with Gasteiger partial charge in [0.1, 0.15) is 5.69 Å². The van der Waals surface area contributed by atoms with E-state index >= 15 is 0 Å². The van der Waals surface area contributed by atoms with Crippen LogP contribution in [0.4, 0.5) is 0 Å². The average Bonchev–Trinajstić information content (AvgIpc) is 2.69. The maximum Gasteiger partial charge on any atom is 0.269 e. The third-order valence-electron chi connectivity index (χ3n) is 3.67. The normalized spacial score (nSPS) is 23.9. The van der Waals surface area contributed by atoms with Gasteiger partial charge in [0.15, 0.2) is 0 Å². The first kappa shape index (κ1) is 13.1. The van der Waals surface area contributed by atoms with E-state index in [0.717, 1.165) is 31.4 Å². The summed E-state index contributed by atoms with van der Waals surface area (Å²) in [4.78, 5) is 12.1. The van der Waals surface area contributed by atoms with E-state index in [-0.39, 0.29) is 18.6 Å². The summed E-state index contributed by atoms with van der Waals surface area (Å²) in [5, 5.41) is 16.3. The minimum Gasteiger partial charge on any atom is -0.396 e. The molecule has 2 rings (SSSR count). The van der Waals surface area contributed by atoms with Crippen molar-refractivity contribution in [2.45, 2.75) is 38.6 Å². The minimum atomic E-state index is -0.0504. The summed E-state index contributed by atoms with van der Waals surface area (Å²) in [5.74, 6) is 0.364. The van der Waals surface area contributed by atoms with E-state index in [2.05, 4.69) is 10.4 Å². The van der Waals surface area contributed by atoms with Crippen LogP contribution < -0.4 is 5.32 Å². The molecule has 0 saturated heterocycles. The number of aliphatic hydroxyl groups is 1. The number of nitrogens with one attached hydrogen (secondary N) is 1. The standard InChI is InChI=1S/C13H21N3O2/c1-9-7-12(16(2)15-9)13(18)14-11-5-3-10(8-17)4-6-11/h7,10-11,17H,3-6,8H2,1-2H3,(H,14,18). The summed E-state index contributed by atoms with van der Waals surface area (Å²) in [5.41, 5.74) is 1.46. The van der Waals surface area contributed by atoms with Crippen molar-refractivity contribution in [2.75, 3.05) is 6.61 Å². The molecule has 18 heavy (non-hydrogen) atoms. The van der Waals surface area contributed by atoms with Gasteiger partial charge in [-0.25, -0.2) is 0 Å². The van der Waals surface area contributed by atoms with E-state index in [1.807, 2.05) is 6.92 Å². The Hall–Kier alpha value is -1.36. The lowest BCUT2D eigenvalue weighted by Crippen LogP contribution is -2.38. The summed E-state index contributed by atoms with van der Waals surface area (Å²) in [7, 11) is 1.78. The summed E-state index contributed by atoms with van der Waals surface area (Å²) in [6, 6.07) is 2.03. The number of hydrogen-bond acceptors (Lipinski definition) is 3. The van der Waals surface area contributed by atoms with E-state index in [4.69, 9.17) is 5.11 Å². The van der Waals surface area contributed by atoms with Crippen LogP contribution in [0, 0.1) is 12.8 Å².